The first-order chi connectivity index (χ1) is 7.69. The Kier molecular flexibility index (Phi) is 4.95. The molecule has 1 unspecified atom stereocenters. The van der Waals surface area contributed by atoms with Crippen LogP contribution in [-0.2, 0) is 9.53 Å². The molecule has 0 aliphatic rings. The first-order valence-electron chi connectivity index (χ1n) is 5.24. The lowest BCUT2D eigenvalue weighted by molar-refractivity contribution is -0.143. The van der Waals surface area contributed by atoms with E-state index in [0.29, 0.717) is 0 Å². The molecule has 1 atom stereocenters. The highest BCUT2D eigenvalue weighted by atomic mass is 16.5. The number of methoxy groups -OCH3 is 1. The fraction of sp³-hybridized carbons (Fsp3) is 0.417. The molecule has 0 fully saturated rings. The van der Waals surface area contributed by atoms with Crippen molar-refractivity contribution in [1.29, 1.82) is 0 Å². The van der Waals surface area contributed by atoms with Gasteiger partial charge in [-0.05, 0) is 19.5 Å². The molecular formula is C12H18N2O2. The first kappa shape index (κ1) is 12.7. The van der Waals surface area contributed by atoms with Gasteiger partial charge in [-0.3, -0.25) is 10.2 Å². The molecule has 1 aromatic carbocycles. The van der Waals surface area contributed by atoms with Crippen LogP contribution in [0, 0.1) is 0 Å². The summed E-state index contributed by atoms with van der Waals surface area (Å²) in [6.07, 6.45) is 0. The van der Waals surface area contributed by atoms with Crippen LogP contribution in [-0.4, -0.2) is 31.7 Å². The molecule has 0 saturated carbocycles. The largest absolute Gasteiger partial charge is 0.468 e. The fourth-order valence-electron chi connectivity index (χ4n) is 1.52. The molecule has 0 amide bonds. The lowest BCUT2D eigenvalue weighted by Crippen LogP contribution is -2.41. The average Bonchev–Trinajstić information content (AvgIpc) is 2.35. The van der Waals surface area contributed by atoms with Gasteiger partial charge in [-0.25, -0.2) is 5.01 Å². The van der Waals surface area contributed by atoms with Gasteiger partial charge in [0.1, 0.15) is 6.54 Å². The van der Waals surface area contributed by atoms with E-state index in [4.69, 9.17) is 0 Å². The van der Waals surface area contributed by atoms with E-state index in [9.17, 15) is 4.79 Å². The molecule has 0 spiro atoms. The van der Waals surface area contributed by atoms with Gasteiger partial charge in [-0.1, -0.05) is 30.3 Å². The molecule has 88 valence electrons. The van der Waals surface area contributed by atoms with Gasteiger partial charge in [0.05, 0.1) is 7.11 Å². The number of hydrogen-bond acceptors (Lipinski definition) is 4. The molecule has 0 bridgehead atoms. The molecule has 1 rings (SSSR count). The summed E-state index contributed by atoms with van der Waals surface area (Å²) >= 11 is 0. The lowest BCUT2D eigenvalue weighted by atomic mass is 10.1. The number of rotatable bonds is 5. The van der Waals surface area contributed by atoms with Gasteiger partial charge in [-0.2, -0.15) is 0 Å². The van der Waals surface area contributed by atoms with Crippen molar-refractivity contribution in [1.82, 2.24) is 10.4 Å². The summed E-state index contributed by atoms with van der Waals surface area (Å²) in [5, 5.41) is 1.83. The number of esters is 1. The van der Waals surface area contributed by atoms with E-state index in [0.717, 1.165) is 5.56 Å². The van der Waals surface area contributed by atoms with Crippen molar-refractivity contribution >= 4 is 5.97 Å². The Morgan fingerprint density at radius 3 is 2.56 bits per heavy atom. The summed E-state index contributed by atoms with van der Waals surface area (Å²) in [5.41, 5.74) is 4.15. The molecule has 4 nitrogen and oxygen atoms in total. The van der Waals surface area contributed by atoms with Gasteiger partial charge >= 0.3 is 5.97 Å². The smallest absolute Gasteiger partial charge is 0.321 e. The van der Waals surface area contributed by atoms with Crippen LogP contribution in [0.25, 0.3) is 0 Å². The van der Waals surface area contributed by atoms with Crippen molar-refractivity contribution in [2.45, 2.75) is 13.0 Å². The second-order valence-corrected chi connectivity index (χ2v) is 3.51. The molecule has 0 aliphatic heterocycles. The summed E-state index contributed by atoms with van der Waals surface area (Å²) in [6.45, 7) is 2.26. The topological polar surface area (TPSA) is 41.6 Å². The van der Waals surface area contributed by atoms with Gasteiger partial charge < -0.3 is 4.74 Å². The number of carbonyl (C=O) groups is 1. The second kappa shape index (κ2) is 6.25. The lowest BCUT2D eigenvalue weighted by Gasteiger charge is -2.27. The Bertz CT molecular complexity index is 327. The van der Waals surface area contributed by atoms with Crippen molar-refractivity contribution < 1.29 is 9.53 Å². The third kappa shape index (κ3) is 3.32. The van der Waals surface area contributed by atoms with Crippen LogP contribution >= 0.6 is 0 Å². The number of nitrogens with zero attached hydrogens (tertiary/aromatic N) is 1. The average molecular weight is 222 g/mol. The van der Waals surface area contributed by atoms with Crippen molar-refractivity contribution in [2.24, 2.45) is 0 Å². The molecule has 0 radical (unpaired) electrons. The molecule has 0 heterocycles. The normalized spacial score (nSPS) is 12.5. The monoisotopic (exact) mass is 222 g/mol. The second-order valence-electron chi connectivity index (χ2n) is 3.51. The van der Waals surface area contributed by atoms with Crippen LogP contribution < -0.4 is 5.43 Å². The van der Waals surface area contributed by atoms with Crippen molar-refractivity contribution in [3.05, 3.63) is 35.9 Å². The Morgan fingerprint density at radius 2 is 2.06 bits per heavy atom. The highest BCUT2D eigenvalue weighted by Gasteiger charge is 2.17. The summed E-state index contributed by atoms with van der Waals surface area (Å²) in [5.74, 6) is -0.253. The molecule has 0 aromatic heterocycles. The van der Waals surface area contributed by atoms with Crippen molar-refractivity contribution in [3.8, 4) is 0 Å². The third-order valence-electron chi connectivity index (χ3n) is 2.56. The predicted molar refractivity (Wildman–Crippen MR) is 62.6 cm³/mol. The van der Waals surface area contributed by atoms with Gasteiger partial charge in [0.2, 0.25) is 0 Å². The number of ether oxygens (including phenoxy) is 1. The van der Waals surface area contributed by atoms with E-state index in [1.54, 1.807) is 7.05 Å². The number of hydrogen-bond donors (Lipinski definition) is 1. The van der Waals surface area contributed by atoms with Crippen LogP contribution in [0.3, 0.4) is 0 Å². The maximum atomic E-state index is 11.2. The van der Waals surface area contributed by atoms with Crippen LogP contribution in [0.4, 0.5) is 0 Å². The predicted octanol–water partition coefficient (Wildman–Crippen LogP) is 1.36. The molecule has 4 heteroatoms. The molecular weight excluding hydrogens is 204 g/mol. The van der Waals surface area contributed by atoms with Gasteiger partial charge in [-0.15, -0.1) is 0 Å². The number of nitrogens with one attached hydrogen (secondary N) is 1. The third-order valence-corrected chi connectivity index (χ3v) is 2.56. The van der Waals surface area contributed by atoms with E-state index in [2.05, 4.69) is 10.2 Å². The van der Waals surface area contributed by atoms with Crippen LogP contribution in [0.2, 0.25) is 0 Å². The maximum Gasteiger partial charge on any atom is 0.321 e. The number of carbonyl (C=O) groups excluding carboxylic acids is 1. The number of benzene rings is 1. The SMILES string of the molecule is CNN(CC(=O)OC)C(C)c1ccccc1. The van der Waals surface area contributed by atoms with Gasteiger partial charge in [0.25, 0.3) is 0 Å². The zero-order valence-electron chi connectivity index (χ0n) is 9.93. The Labute approximate surface area is 96.2 Å². The standard InChI is InChI=1S/C12H18N2O2/c1-10(11-7-5-4-6-8-11)14(13-2)9-12(15)16-3/h4-8,10,13H,9H2,1-3H3. The molecule has 0 aliphatic carbocycles. The van der Waals surface area contributed by atoms with E-state index in [1.807, 2.05) is 42.3 Å². The van der Waals surface area contributed by atoms with Crippen LogP contribution in [0.5, 0.6) is 0 Å². The summed E-state index contributed by atoms with van der Waals surface area (Å²) in [6, 6.07) is 10.1. The van der Waals surface area contributed by atoms with Crippen molar-refractivity contribution in [2.75, 3.05) is 20.7 Å². The van der Waals surface area contributed by atoms with Gasteiger partial charge in [0, 0.05) is 6.04 Å². The minimum atomic E-state index is -0.253. The van der Waals surface area contributed by atoms with E-state index >= 15 is 0 Å². The fourth-order valence-corrected chi connectivity index (χ4v) is 1.52. The molecule has 1 N–H and O–H groups in total. The summed E-state index contributed by atoms with van der Waals surface area (Å²) in [7, 11) is 3.19. The molecule has 1 aromatic rings. The summed E-state index contributed by atoms with van der Waals surface area (Å²) in [4.78, 5) is 11.2. The van der Waals surface area contributed by atoms with Gasteiger partial charge in [0.15, 0.2) is 0 Å². The minimum absolute atomic E-state index is 0.116. The highest BCUT2D eigenvalue weighted by molar-refractivity contribution is 5.71. The Hall–Kier alpha value is -1.39. The highest BCUT2D eigenvalue weighted by Crippen LogP contribution is 2.17. The maximum absolute atomic E-state index is 11.2. The molecule has 16 heavy (non-hydrogen) atoms. The minimum Gasteiger partial charge on any atom is -0.468 e. The zero-order valence-corrected chi connectivity index (χ0v) is 9.93. The van der Waals surface area contributed by atoms with E-state index in [-0.39, 0.29) is 18.6 Å². The van der Waals surface area contributed by atoms with Crippen LogP contribution in [0.1, 0.15) is 18.5 Å². The van der Waals surface area contributed by atoms with Crippen molar-refractivity contribution in [3.63, 3.8) is 0 Å². The zero-order chi connectivity index (χ0) is 12.0. The first-order valence-corrected chi connectivity index (χ1v) is 5.24. The quantitative estimate of drug-likeness (QED) is 0.603. The Balaban J connectivity index is 2.70. The molecule has 0 saturated heterocycles. The number of hydrazine groups is 1. The van der Waals surface area contributed by atoms with E-state index < -0.39 is 0 Å². The van der Waals surface area contributed by atoms with Crippen LogP contribution in [0.15, 0.2) is 30.3 Å². The summed E-state index contributed by atoms with van der Waals surface area (Å²) < 4.78 is 4.65. The van der Waals surface area contributed by atoms with E-state index in [1.165, 1.54) is 7.11 Å². The Morgan fingerprint density at radius 1 is 1.44 bits per heavy atom.